The zero-order chi connectivity index (χ0) is 18.3. The molecule has 24 heavy (non-hydrogen) atoms. The average Bonchev–Trinajstić information content (AvgIpc) is 2.39. The molecule has 4 unspecified atom stereocenters. The van der Waals surface area contributed by atoms with Crippen LogP contribution in [0.5, 0.6) is 0 Å². The summed E-state index contributed by atoms with van der Waals surface area (Å²) in [6.45, 7) is 5.42. The fourth-order valence-electron chi connectivity index (χ4n) is 2.66. The fraction of sp³-hybridized carbons (Fsp3) is 0.750. The molecule has 0 saturated carbocycles. The highest BCUT2D eigenvalue weighted by Gasteiger charge is 2.33. The van der Waals surface area contributed by atoms with Crippen LogP contribution in [-0.2, 0) is 38.1 Å². The molecule has 8 nitrogen and oxygen atoms in total. The van der Waals surface area contributed by atoms with Crippen molar-refractivity contribution in [2.24, 2.45) is 0 Å². The van der Waals surface area contributed by atoms with Gasteiger partial charge in [-0.05, 0) is 19.8 Å². The summed E-state index contributed by atoms with van der Waals surface area (Å²) < 4.78 is 20.8. The Balaban J connectivity index is 2.97. The Labute approximate surface area is 140 Å². The number of carbonyl (C=O) groups is 4. The second-order valence-electron chi connectivity index (χ2n) is 5.84. The monoisotopic (exact) mass is 344 g/mol. The Morgan fingerprint density at radius 3 is 2.00 bits per heavy atom. The van der Waals surface area contributed by atoms with Crippen LogP contribution in [0.25, 0.3) is 0 Å². The predicted octanol–water partition coefficient (Wildman–Crippen LogP) is 1.29. The van der Waals surface area contributed by atoms with E-state index in [0.29, 0.717) is 12.8 Å². The summed E-state index contributed by atoms with van der Waals surface area (Å²) >= 11 is 0. The summed E-state index contributed by atoms with van der Waals surface area (Å²) in [5, 5.41) is 0. The molecule has 136 valence electrons. The maximum absolute atomic E-state index is 12.0. The van der Waals surface area contributed by atoms with Gasteiger partial charge in [0.1, 0.15) is 24.4 Å². The highest BCUT2D eigenvalue weighted by molar-refractivity contribution is 5.72. The molecule has 0 amide bonds. The molecule has 1 heterocycles. The number of hydrogen-bond acceptors (Lipinski definition) is 8. The van der Waals surface area contributed by atoms with Gasteiger partial charge in [0, 0.05) is 27.2 Å². The first-order valence-electron chi connectivity index (χ1n) is 7.88. The van der Waals surface area contributed by atoms with Gasteiger partial charge in [-0.2, -0.15) is 0 Å². The quantitative estimate of drug-likeness (QED) is 0.557. The lowest BCUT2D eigenvalue weighted by molar-refractivity contribution is -0.175. The van der Waals surface area contributed by atoms with E-state index in [0.717, 1.165) is 0 Å². The van der Waals surface area contributed by atoms with Crippen molar-refractivity contribution in [2.75, 3.05) is 0 Å². The van der Waals surface area contributed by atoms with Crippen molar-refractivity contribution in [1.29, 1.82) is 0 Å². The van der Waals surface area contributed by atoms with Gasteiger partial charge in [0.15, 0.2) is 0 Å². The Hall–Kier alpha value is -2.12. The van der Waals surface area contributed by atoms with Gasteiger partial charge >= 0.3 is 23.9 Å². The van der Waals surface area contributed by atoms with Crippen LogP contribution < -0.4 is 0 Å². The molecule has 0 bridgehead atoms. The molecule has 8 heteroatoms. The minimum absolute atomic E-state index is 0.208. The summed E-state index contributed by atoms with van der Waals surface area (Å²) in [7, 11) is 0. The number of esters is 4. The maximum Gasteiger partial charge on any atom is 0.309 e. The highest BCUT2D eigenvalue weighted by atomic mass is 16.6. The number of ether oxygens (including phenoxy) is 4. The standard InChI is InChI=1S/C16H24O8/c1-9-7-13(22-10(2)17)5-6-14(23-11(3)18)15(24-12(4)19)8-16(20)21-9/h9,13-15H,5-8H2,1-4H3. The molecule has 0 aromatic rings. The van der Waals surface area contributed by atoms with Crippen LogP contribution in [0.1, 0.15) is 53.4 Å². The van der Waals surface area contributed by atoms with Crippen molar-refractivity contribution in [2.45, 2.75) is 77.8 Å². The third kappa shape index (κ3) is 7.43. The van der Waals surface area contributed by atoms with Crippen molar-refractivity contribution >= 4 is 23.9 Å². The van der Waals surface area contributed by atoms with Gasteiger partial charge in [-0.15, -0.1) is 0 Å². The van der Waals surface area contributed by atoms with Crippen LogP contribution in [0.4, 0.5) is 0 Å². The van der Waals surface area contributed by atoms with Crippen LogP contribution in [0.3, 0.4) is 0 Å². The van der Waals surface area contributed by atoms with Gasteiger partial charge in [0.05, 0.1) is 6.42 Å². The second-order valence-corrected chi connectivity index (χ2v) is 5.84. The van der Waals surface area contributed by atoms with Crippen LogP contribution in [-0.4, -0.2) is 48.3 Å². The van der Waals surface area contributed by atoms with E-state index in [1.165, 1.54) is 20.8 Å². The number of rotatable bonds is 3. The van der Waals surface area contributed by atoms with Crippen LogP contribution in [0, 0.1) is 0 Å². The molecule has 4 atom stereocenters. The Morgan fingerprint density at radius 2 is 1.46 bits per heavy atom. The minimum atomic E-state index is -0.942. The molecule has 0 N–H and O–H groups in total. The Kier molecular flexibility index (Phi) is 7.67. The molecule has 0 spiro atoms. The van der Waals surface area contributed by atoms with E-state index in [1.54, 1.807) is 6.92 Å². The van der Waals surface area contributed by atoms with E-state index in [2.05, 4.69) is 0 Å². The highest BCUT2D eigenvalue weighted by Crippen LogP contribution is 2.22. The fourth-order valence-corrected chi connectivity index (χ4v) is 2.66. The average molecular weight is 344 g/mol. The lowest BCUT2D eigenvalue weighted by Crippen LogP contribution is -2.39. The van der Waals surface area contributed by atoms with Gasteiger partial charge in [-0.1, -0.05) is 0 Å². The molecule has 0 aromatic heterocycles. The van der Waals surface area contributed by atoms with Gasteiger partial charge < -0.3 is 18.9 Å². The number of cyclic esters (lactones) is 1. The summed E-state index contributed by atoms with van der Waals surface area (Å²) in [5.74, 6) is -2.17. The molecule has 1 aliphatic rings. The predicted molar refractivity (Wildman–Crippen MR) is 80.7 cm³/mol. The molecule has 1 rings (SSSR count). The zero-order valence-electron chi connectivity index (χ0n) is 14.4. The van der Waals surface area contributed by atoms with Crippen molar-refractivity contribution < 1.29 is 38.1 Å². The third-order valence-electron chi connectivity index (χ3n) is 3.45. The lowest BCUT2D eigenvalue weighted by atomic mass is 9.99. The second kappa shape index (κ2) is 9.24. The van der Waals surface area contributed by atoms with E-state index in [-0.39, 0.29) is 12.8 Å². The number of carbonyl (C=O) groups excluding carboxylic acids is 4. The zero-order valence-corrected chi connectivity index (χ0v) is 14.4. The topological polar surface area (TPSA) is 105 Å². The largest absolute Gasteiger partial charge is 0.462 e. The third-order valence-corrected chi connectivity index (χ3v) is 3.45. The summed E-state index contributed by atoms with van der Waals surface area (Å²) in [6, 6.07) is 0. The smallest absolute Gasteiger partial charge is 0.309 e. The minimum Gasteiger partial charge on any atom is -0.462 e. The van der Waals surface area contributed by atoms with E-state index in [1.807, 2.05) is 0 Å². The van der Waals surface area contributed by atoms with Crippen molar-refractivity contribution in [1.82, 2.24) is 0 Å². The molecule has 1 fully saturated rings. The van der Waals surface area contributed by atoms with Crippen LogP contribution in [0.2, 0.25) is 0 Å². The summed E-state index contributed by atoms with van der Waals surface area (Å²) in [4.78, 5) is 45.8. The van der Waals surface area contributed by atoms with E-state index < -0.39 is 48.3 Å². The van der Waals surface area contributed by atoms with E-state index in [4.69, 9.17) is 18.9 Å². The molecule has 1 aliphatic heterocycles. The lowest BCUT2D eigenvalue weighted by Gasteiger charge is -2.30. The van der Waals surface area contributed by atoms with Gasteiger partial charge in [0.25, 0.3) is 0 Å². The number of hydrogen-bond donors (Lipinski definition) is 0. The molecule has 1 saturated heterocycles. The van der Waals surface area contributed by atoms with Gasteiger partial charge in [-0.3, -0.25) is 19.2 Å². The first-order valence-corrected chi connectivity index (χ1v) is 7.88. The molecular formula is C16H24O8. The van der Waals surface area contributed by atoms with Crippen molar-refractivity contribution in [3.05, 3.63) is 0 Å². The first-order chi connectivity index (χ1) is 11.2. The van der Waals surface area contributed by atoms with Crippen LogP contribution in [0.15, 0.2) is 0 Å². The van der Waals surface area contributed by atoms with Crippen LogP contribution >= 0.6 is 0 Å². The van der Waals surface area contributed by atoms with Gasteiger partial charge in [-0.25, -0.2) is 0 Å². The molecule has 0 radical (unpaired) electrons. The molecule has 0 aliphatic carbocycles. The summed E-state index contributed by atoms with van der Waals surface area (Å²) in [5.41, 5.74) is 0. The first kappa shape index (κ1) is 19.9. The molecular weight excluding hydrogens is 320 g/mol. The van der Waals surface area contributed by atoms with E-state index in [9.17, 15) is 19.2 Å². The molecule has 0 aromatic carbocycles. The van der Waals surface area contributed by atoms with E-state index >= 15 is 0 Å². The Morgan fingerprint density at radius 1 is 0.917 bits per heavy atom. The summed E-state index contributed by atoms with van der Waals surface area (Å²) in [6.07, 6.45) is -1.89. The normalized spacial score (nSPS) is 28.2. The van der Waals surface area contributed by atoms with Gasteiger partial charge in [0.2, 0.25) is 0 Å². The maximum atomic E-state index is 12.0. The SMILES string of the molecule is CC(=O)OC1CCC(OC(C)=O)C(OC(C)=O)CC(=O)OC(C)C1. The Bertz CT molecular complexity index is 486. The van der Waals surface area contributed by atoms with Crippen molar-refractivity contribution in [3.8, 4) is 0 Å². The van der Waals surface area contributed by atoms with Crippen molar-refractivity contribution in [3.63, 3.8) is 0 Å².